The molecule has 1 aromatic carbocycles. The Bertz CT molecular complexity index is 349. The molecule has 0 aliphatic carbocycles. The number of halogens is 5. The minimum atomic E-state index is -3.77. The van der Waals surface area contributed by atoms with Gasteiger partial charge in [0.15, 0.2) is 0 Å². The molecule has 1 nitrogen and oxygen atoms in total. The van der Waals surface area contributed by atoms with Crippen LogP contribution in [0.2, 0.25) is 10.0 Å². The van der Waals surface area contributed by atoms with E-state index in [4.69, 9.17) is 23.2 Å². The van der Waals surface area contributed by atoms with Crippen LogP contribution >= 0.6 is 34.8 Å². The van der Waals surface area contributed by atoms with Crippen molar-refractivity contribution in [1.82, 2.24) is 0 Å². The van der Waals surface area contributed by atoms with Crippen LogP contribution in [-0.4, -0.2) is 5.57 Å². The monoisotopic (exact) mass is 260 g/mol. The third-order valence-electron chi connectivity index (χ3n) is 1.44. The molecule has 0 aromatic heterocycles. The summed E-state index contributed by atoms with van der Waals surface area (Å²) in [6, 6.07) is 2.61. The average molecular weight is 261 g/mol. The number of hydrogen-bond acceptors (Lipinski definition) is 1. The molecule has 0 unspecified atom stereocenters. The van der Waals surface area contributed by atoms with Crippen molar-refractivity contribution >= 4 is 34.8 Å². The minimum absolute atomic E-state index is 0.0130. The van der Waals surface area contributed by atoms with Crippen molar-refractivity contribution in [2.45, 2.75) is 12.5 Å². The Hall–Kier alpha value is -0.250. The normalized spacial score (nSPS) is 11.6. The Morgan fingerprint density at radius 2 is 1.79 bits per heavy atom. The second-order valence-corrected chi connectivity index (χ2v) is 3.83. The van der Waals surface area contributed by atoms with Crippen LogP contribution in [0.25, 0.3) is 0 Å². The fourth-order valence-corrected chi connectivity index (χ4v) is 1.34. The maximum atomic E-state index is 12.3. The molecule has 78 valence electrons. The lowest BCUT2D eigenvalue weighted by Gasteiger charge is -2.12. The number of alkyl halides is 3. The molecule has 0 aliphatic heterocycles. The molecule has 0 saturated carbocycles. The van der Waals surface area contributed by atoms with Gasteiger partial charge in [-0.05, 0) is 24.6 Å². The summed E-state index contributed by atoms with van der Waals surface area (Å²) in [6.45, 7) is 1.64. The zero-order chi connectivity index (χ0) is 10.9. The van der Waals surface area contributed by atoms with E-state index in [2.05, 4.69) is 16.3 Å². The highest BCUT2D eigenvalue weighted by atomic mass is 35.5. The Kier molecular flexibility index (Phi) is 3.45. The Balaban J connectivity index is 3.04. The van der Waals surface area contributed by atoms with Gasteiger partial charge >= 0.3 is 5.57 Å². The predicted octanol–water partition coefficient (Wildman–Crippen LogP) is 4.47. The van der Waals surface area contributed by atoms with Gasteiger partial charge in [-0.1, -0.05) is 23.2 Å². The SMILES string of the molecule is Cc1cc(OC(F)(F)Cl)c(Cl)cc1Cl. The third kappa shape index (κ3) is 3.15. The van der Waals surface area contributed by atoms with E-state index >= 15 is 0 Å². The van der Waals surface area contributed by atoms with Crippen LogP contribution in [-0.2, 0) is 0 Å². The van der Waals surface area contributed by atoms with Crippen molar-refractivity contribution in [3.8, 4) is 5.75 Å². The number of rotatable bonds is 2. The highest BCUT2D eigenvalue weighted by molar-refractivity contribution is 6.36. The highest BCUT2D eigenvalue weighted by Gasteiger charge is 2.28. The number of benzene rings is 1. The van der Waals surface area contributed by atoms with Gasteiger partial charge in [0, 0.05) is 16.6 Å². The maximum absolute atomic E-state index is 12.3. The van der Waals surface area contributed by atoms with Gasteiger partial charge in [-0.15, -0.1) is 8.78 Å². The molecular formula is C8H5Cl3F2O. The first-order valence-electron chi connectivity index (χ1n) is 3.51. The van der Waals surface area contributed by atoms with Gasteiger partial charge in [0.05, 0.1) is 5.02 Å². The van der Waals surface area contributed by atoms with Gasteiger partial charge < -0.3 is 4.74 Å². The third-order valence-corrected chi connectivity index (χ3v) is 2.22. The molecule has 0 heterocycles. The van der Waals surface area contributed by atoms with E-state index in [0.29, 0.717) is 10.6 Å². The standard InChI is InChI=1S/C8H5Cl3F2O/c1-4-2-7(14-8(11,12)13)6(10)3-5(4)9/h2-3H,1H3. The predicted molar refractivity (Wildman–Crippen MR) is 52.6 cm³/mol. The molecule has 0 spiro atoms. The molecule has 0 bridgehead atoms. The fraction of sp³-hybridized carbons (Fsp3) is 0.250. The van der Waals surface area contributed by atoms with E-state index in [9.17, 15) is 8.78 Å². The Labute approximate surface area is 94.5 Å². The summed E-state index contributed by atoms with van der Waals surface area (Å²) in [5.41, 5.74) is -3.20. The molecule has 0 fully saturated rings. The van der Waals surface area contributed by atoms with Crippen molar-refractivity contribution < 1.29 is 13.5 Å². The number of hydrogen-bond donors (Lipinski definition) is 0. The molecule has 6 heteroatoms. The molecule has 1 rings (SSSR count). The van der Waals surface area contributed by atoms with Crippen LogP contribution in [0.5, 0.6) is 5.75 Å². The van der Waals surface area contributed by atoms with Crippen LogP contribution in [0.15, 0.2) is 12.1 Å². The minimum Gasteiger partial charge on any atom is -0.418 e. The summed E-state index contributed by atoms with van der Waals surface area (Å²) in [5, 5.41) is 0.362. The lowest BCUT2D eigenvalue weighted by molar-refractivity contribution is -0.0964. The maximum Gasteiger partial charge on any atom is 0.487 e. The summed E-state index contributed by atoms with van der Waals surface area (Å²) in [4.78, 5) is 0. The van der Waals surface area contributed by atoms with Gasteiger partial charge in [0.2, 0.25) is 0 Å². The quantitative estimate of drug-likeness (QED) is 0.714. The van der Waals surface area contributed by atoms with Gasteiger partial charge in [0.25, 0.3) is 0 Å². The second kappa shape index (κ2) is 4.09. The molecular weight excluding hydrogens is 256 g/mol. The van der Waals surface area contributed by atoms with Gasteiger partial charge in [0.1, 0.15) is 5.75 Å². The summed E-state index contributed by atoms with van der Waals surface area (Å²) in [5.74, 6) is -0.200. The number of aryl methyl sites for hydroxylation is 1. The van der Waals surface area contributed by atoms with E-state index in [1.807, 2.05) is 0 Å². The lowest BCUT2D eigenvalue weighted by Crippen LogP contribution is -2.15. The second-order valence-electron chi connectivity index (χ2n) is 2.58. The zero-order valence-electron chi connectivity index (χ0n) is 6.95. The first-order chi connectivity index (χ1) is 6.29. The van der Waals surface area contributed by atoms with Crippen LogP contribution in [0.1, 0.15) is 5.56 Å². The van der Waals surface area contributed by atoms with Crippen molar-refractivity contribution in [3.05, 3.63) is 27.7 Å². The van der Waals surface area contributed by atoms with E-state index in [0.717, 1.165) is 0 Å². The first-order valence-corrected chi connectivity index (χ1v) is 4.64. The van der Waals surface area contributed by atoms with E-state index in [1.54, 1.807) is 6.92 Å². The van der Waals surface area contributed by atoms with Crippen molar-refractivity contribution in [1.29, 1.82) is 0 Å². The molecule has 0 radical (unpaired) electrons. The summed E-state index contributed by atoms with van der Waals surface area (Å²) in [7, 11) is 0. The molecule has 0 N–H and O–H groups in total. The molecule has 0 amide bonds. The number of ether oxygens (including phenoxy) is 1. The van der Waals surface area contributed by atoms with Gasteiger partial charge in [-0.2, -0.15) is 0 Å². The van der Waals surface area contributed by atoms with Crippen molar-refractivity contribution in [3.63, 3.8) is 0 Å². The molecule has 1 aromatic rings. The van der Waals surface area contributed by atoms with Gasteiger partial charge in [-0.3, -0.25) is 0 Å². The van der Waals surface area contributed by atoms with E-state index in [-0.39, 0.29) is 10.8 Å². The largest absolute Gasteiger partial charge is 0.487 e. The van der Waals surface area contributed by atoms with E-state index in [1.165, 1.54) is 12.1 Å². The zero-order valence-corrected chi connectivity index (χ0v) is 9.22. The van der Waals surface area contributed by atoms with E-state index < -0.39 is 5.57 Å². The molecule has 0 atom stereocenters. The summed E-state index contributed by atoms with van der Waals surface area (Å²) in [6.07, 6.45) is 0. The summed E-state index contributed by atoms with van der Waals surface area (Å²) < 4.78 is 28.7. The van der Waals surface area contributed by atoms with Crippen LogP contribution in [0, 0.1) is 6.92 Å². The molecule has 0 saturated heterocycles. The highest BCUT2D eigenvalue weighted by Crippen LogP contribution is 2.34. The smallest absolute Gasteiger partial charge is 0.418 e. The average Bonchev–Trinajstić information content (AvgIpc) is 1.97. The van der Waals surface area contributed by atoms with Gasteiger partial charge in [-0.25, -0.2) is 0 Å². The van der Waals surface area contributed by atoms with Crippen LogP contribution in [0.3, 0.4) is 0 Å². The van der Waals surface area contributed by atoms with Crippen molar-refractivity contribution in [2.24, 2.45) is 0 Å². The molecule has 14 heavy (non-hydrogen) atoms. The van der Waals surface area contributed by atoms with Crippen LogP contribution < -0.4 is 4.74 Å². The summed E-state index contributed by atoms with van der Waals surface area (Å²) >= 11 is 15.9. The molecule has 0 aliphatic rings. The van der Waals surface area contributed by atoms with Crippen molar-refractivity contribution in [2.75, 3.05) is 0 Å². The van der Waals surface area contributed by atoms with Crippen LogP contribution in [0.4, 0.5) is 8.78 Å². The Morgan fingerprint density at radius 3 is 2.29 bits per heavy atom. The lowest BCUT2D eigenvalue weighted by atomic mass is 10.2. The first kappa shape index (κ1) is 11.8. The topological polar surface area (TPSA) is 9.23 Å². The Morgan fingerprint density at radius 1 is 1.21 bits per heavy atom. The fourth-order valence-electron chi connectivity index (χ4n) is 0.834.